The molecule has 0 bridgehead atoms. The summed E-state index contributed by atoms with van der Waals surface area (Å²) in [6.07, 6.45) is 0.167. The maximum atomic E-state index is 11.8. The first-order valence-electron chi connectivity index (χ1n) is 7.31. The molecule has 116 valence electrons. The van der Waals surface area contributed by atoms with E-state index in [-0.39, 0.29) is 6.10 Å². The van der Waals surface area contributed by atoms with E-state index in [0.29, 0.717) is 6.54 Å². The van der Waals surface area contributed by atoms with Crippen LogP contribution in [0.3, 0.4) is 0 Å². The standard InChI is InChI=1S/C16H24N2O3/c1-16(2,3)21-15(20)17-13-6-4-5-12(9-13)10-18-8-7-14(19)11-18/h4-6,9,14,19H,7-8,10-11H2,1-3H3,(H,17,20). The molecule has 2 N–H and O–H groups in total. The minimum atomic E-state index is -0.507. The number of carbonyl (C=O) groups is 1. The maximum Gasteiger partial charge on any atom is 0.412 e. The van der Waals surface area contributed by atoms with Gasteiger partial charge in [-0.3, -0.25) is 10.2 Å². The predicted molar refractivity (Wildman–Crippen MR) is 82.2 cm³/mol. The molecule has 1 saturated heterocycles. The molecule has 2 rings (SSSR count). The lowest BCUT2D eigenvalue weighted by Gasteiger charge is -2.20. The van der Waals surface area contributed by atoms with E-state index in [0.717, 1.165) is 30.8 Å². The largest absolute Gasteiger partial charge is 0.444 e. The van der Waals surface area contributed by atoms with E-state index in [1.165, 1.54) is 0 Å². The highest BCUT2D eigenvalue weighted by Gasteiger charge is 2.20. The number of likely N-dealkylation sites (tertiary alicyclic amines) is 1. The van der Waals surface area contributed by atoms with Crippen LogP contribution in [0.1, 0.15) is 32.8 Å². The number of rotatable bonds is 3. The highest BCUT2D eigenvalue weighted by Crippen LogP contribution is 2.17. The van der Waals surface area contributed by atoms with Crippen LogP contribution in [0.15, 0.2) is 24.3 Å². The third kappa shape index (κ3) is 5.36. The van der Waals surface area contributed by atoms with Crippen LogP contribution in [0, 0.1) is 0 Å². The van der Waals surface area contributed by atoms with Gasteiger partial charge in [0.25, 0.3) is 0 Å². The third-order valence-corrected chi connectivity index (χ3v) is 3.23. The Bertz CT molecular complexity index is 497. The van der Waals surface area contributed by atoms with E-state index in [9.17, 15) is 9.90 Å². The molecule has 21 heavy (non-hydrogen) atoms. The fraction of sp³-hybridized carbons (Fsp3) is 0.562. The van der Waals surface area contributed by atoms with Gasteiger partial charge in [0, 0.05) is 25.3 Å². The van der Waals surface area contributed by atoms with Crippen molar-refractivity contribution in [2.75, 3.05) is 18.4 Å². The quantitative estimate of drug-likeness (QED) is 0.899. The lowest BCUT2D eigenvalue weighted by molar-refractivity contribution is 0.0636. The number of benzene rings is 1. The summed E-state index contributed by atoms with van der Waals surface area (Å²) in [5.74, 6) is 0. The van der Waals surface area contributed by atoms with Crippen LogP contribution in [-0.4, -0.2) is 40.9 Å². The highest BCUT2D eigenvalue weighted by atomic mass is 16.6. The number of ether oxygens (including phenoxy) is 1. The Labute approximate surface area is 125 Å². The van der Waals surface area contributed by atoms with E-state index < -0.39 is 11.7 Å². The number of nitrogens with zero attached hydrogens (tertiary/aromatic N) is 1. The van der Waals surface area contributed by atoms with Gasteiger partial charge in [-0.05, 0) is 44.9 Å². The summed E-state index contributed by atoms with van der Waals surface area (Å²) < 4.78 is 5.24. The van der Waals surface area contributed by atoms with Gasteiger partial charge >= 0.3 is 6.09 Å². The summed E-state index contributed by atoms with van der Waals surface area (Å²) >= 11 is 0. The Morgan fingerprint density at radius 1 is 1.48 bits per heavy atom. The fourth-order valence-corrected chi connectivity index (χ4v) is 2.38. The molecule has 1 aliphatic heterocycles. The first kappa shape index (κ1) is 15.8. The molecule has 1 amide bonds. The number of nitrogens with one attached hydrogen (secondary N) is 1. The smallest absolute Gasteiger partial charge is 0.412 e. The summed E-state index contributed by atoms with van der Waals surface area (Å²) in [6.45, 7) is 7.90. The van der Waals surface area contributed by atoms with Crippen molar-refractivity contribution in [3.63, 3.8) is 0 Å². The van der Waals surface area contributed by atoms with Crippen LogP contribution in [0.25, 0.3) is 0 Å². The number of hydrogen-bond donors (Lipinski definition) is 2. The Morgan fingerprint density at radius 2 is 2.24 bits per heavy atom. The summed E-state index contributed by atoms with van der Waals surface area (Å²) in [4.78, 5) is 14.0. The number of anilines is 1. The molecule has 5 heteroatoms. The minimum absolute atomic E-state index is 0.215. The van der Waals surface area contributed by atoms with Crippen molar-refractivity contribution >= 4 is 11.8 Å². The first-order chi connectivity index (χ1) is 9.82. The van der Waals surface area contributed by atoms with Crippen LogP contribution in [-0.2, 0) is 11.3 Å². The van der Waals surface area contributed by atoms with Crippen molar-refractivity contribution in [2.45, 2.75) is 45.4 Å². The molecule has 1 unspecified atom stereocenters. The molecule has 1 atom stereocenters. The van der Waals surface area contributed by atoms with Gasteiger partial charge in [-0.2, -0.15) is 0 Å². The molecule has 1 heterocycles. The molecule has 0 spiro atoms. The maximum absolute atomic E-state index is 11.8. The number of β-amino-alcohol motifs (C(OH)–C–C–N with tert-alkyl or cyclic N) is 1. The Morgan fingerprint density at radius 3 is 2.86 bits per heavy atom. The molecule has 0 aromatic heterocycles. The Kier molecular flexibility index (Phi) is 4.85. The number of carbonyl (C=O) groups excluding carboxylic acids is 1. The monoisotopic (exact) mass is 292 g/mol. The zero-order valence-electron chi connectivity index (χ0n) is 12.9. The van der Waals surface area contributed by atoms with E-state index in [1.54, 1.807) is 0 Å². The summed E-state index contributed by atoms with van der Waals surface area (Å²) in [5.41, 5.74) is 1.33. The molecule has 1 aromatic carbocycles. The summed E-state index contributed by atoms with van der Waals surface area (Å²) in [5, 5.41) is 12.3. The zero-order valence-corrected chi connectivity index (χ0v) is 12.9. The first-order valence-corrected chi connectivity index (χ1v) is 7.31. The fourth-order valence-electron chi connectivity index (χ4n) is 2.38. The molecular formula is C16H24N2O3. The van der Waals surface area contributed by atoms with Gasteiger partial charge < -0.3 is 9.84 Å². The molecule has 1 aromatic rings. The van der Waals surface area contributed by atoms with E-state index in [2.05, 4.69) is 10.2 Å². The van der Waals surface area contributed by atoms with Gasteiger partial charge in [-0.15, -0.1) is 0 Å². The average Bonchev–Trinajstić information content (AvgIpc) is 2.72. The van der Waals surface area contributed by atoms with Crippen molar-refractivity contribution in [3.05, 3.63) is 29.8 Å². The van der Waals surface area contributed by atoms with Crippen molar-refractivity contribution in [1.82, 2.24) is 4.90 Å². The highest BCUT2D eigenvalue weighted by molar-refractivity contribution is 5.84. The SMILES string of the molecule is CC(C)(C)OC(=O)Nc1cccc(CN2CCC(O)C2)c1. The third-order valence-electron chi connectivity index (χ3n) is 3.23. The van der Waals surface area contributed by atoms with Gasteiger partial charge in [-0.1, -0.05) is 12.1 Å². The van der Waals surface area contributed by atoms with Crippen molar-refractivity contribution in [2.24, 2.45) is 0 Å². The van der Waals surface area contributed by atoms with Gasteiger partial charge in [0.2, 0.25) is 0 Å². The van der Waals surface area contributed by atoms with Gasteiger partial charge in [0.05, 0.1) is 6.10 Å². The topological polar surface area (TPSA) is 61.8 Å². The zero-order chi connectivity index (χ0) is 15.5. The van der Waals surface area contributed by atoms with Gasteiger partial charge in [0.1, 0.15) is 5.60 Å². The van der Waals surface area contributed by atoms with Crippen molar-refractivity contribution in [1.29, 1.82) is 0 Å². The number of hydrogen-bond acceptors (Lipinski definition) is 4. The Balaban J connectivity index is 1.93. The van der Waals surface area contributed by atoms with Gasteiger partial charge in [0.15, 0.2) is 0 Å². The molecule has 5 nitrogen and oxygen atoms in total. The van der Waals surface area contributed by atoms with E-state index in [1.807, 2.05) is 45.0 Å². The molecule has 0 saturated carbocycles. The summed E-state index contributed by atoms with van der Waals surface area (Å²) in [7, 11) is 0. The van der Waals surface area contributed by atoms with Crippen molar-refractivity contribution in [3.8, 4) is 0 Å². The average molecular weight is 292 g/mol. The van der Waals surface area contributed by atoms with Crippen LogP contribution < -0.4 is 5.32 Å². The second-order valence-electron chi connectivity index (χ2n) is 6.50. The Hall–Kier alpha value is -1.59. The van der Waals surface area contributed by atoms with E-state index >= 15 is 0 Å². The normalized spacial score (nSPS) is 19.5. The second-order valence-corrected chi connectivity index (χ2v) is 6.50. The summed E-state index contributed by atoms with van der Waals surface area (Å²) in [6, 6.07) is 7.71. The molecular weight excluding hydrogens is 268 g/mol. The van der Waals surface area contributed by atoms with Crippen LogP contribution >= 0.6 is 0 Å². The predicted octanol–water partition coefficient (Wildman–Crippen LogP) is 2.60. The van der Waals surface area contributed by atoms with Crippen LogP contribution in [0.5, 0.6) is 0 Å². The van der Waals surface area contributed by atoms with Crippen LogP contribution in [0.2, 0.25) is 0 Å². The molecule has 0 aliphatic carbocycles. The number of aliphatic hydroxyl groups excluding tert-OH is 1. The van der Waals surface area contributed by atoms with Crippen molar-refractivity contribution < 1.29 is 14.6 Å². The minimum Gasteiger partial charge on any atom is -0.444 e. The molecule has 0 radical (unpaired) electrons. The lowest BCUT2D eigenvalue weighted by atomic mass is 10.2. The molecule has 1 fully saturated rings. The second kappa shape index (κ2) is 6.45. The van der Waals surface area contributed by atoms with Gasteiger partial charge in [-0.25, -0.2) is 4.79 Å². The van der Waals surface area contributed by atoms with Crippen LogP contribution in [0.4, 0.5) is 10.5 Å². The molecule has 1 aliphatic rings. The lowest BCUT2D eigenvalue weighted by Crippen LogP contribution is -2.27. The number of aliphatic hydroxyl groups is 1. The number of amides is 1. The van der Waals surface area contributed by atoms with E-state index in [4.69, 9.17) is 4.74 Å².